The highest BCUT2D eigenvalue weighted by Gasteiger charge is 2.23. The van der Waals surface area contributed by atoms with Crippen molar-refractivity contribution < 1.29 is 0 Å². The van der Waals surface area contributed by atoms with E-state index >= 15 is 0 Å². The van der Waals surface area contributed by atoms with Crippen LogP contribution < -0.4 is 5.32 Å². The van der Waals surface area contributed by atoms with E-state index in [1.54, 1.807) is 0 Å². The third-order valence-corrected chi connectivity index (χ3v) is 3.57. The van der Waals surface area contributed by atoms with Crippen LogP contribution in [0.1, 0.15) is 26.2 Å². The lowest BCUT2D eigenvalue weighted by Gasteiger charge is -2.36. The van der Waals surface area contributed by atoms with Gasteiger partial charge in [-0.1, -0.05) is 13.3 Å². The molecular weight excluding hydrogens is 160 g/mol. The Kier molecular flexibility index (Phi) is 3.23. The smallest absolute Gasteiger partial charge is 0.00340 e. The van der Waals surface area contributed by atoms with Gasteiger partial charge in [-0.05, 0) is 31.2 Å². The van der Waals surface area contributed by atoms with Crippen LogP contribution in [0.4, 0.5) is 0 Å². The molecule has 0 unspecified atom stereocenters. The summed E-state index contributed by atoms with van der Waals surface area (Å²) < 4.78 is 0. The van der Waals surface area contributed by atoms with Crippen LogP contribution in [-0.2, 0) is 0 Å². The van der Waals surface area contributed by atoms with Crippen molar-refractivity contribution in [3.05, 3.63) is 0 Å². The van der Waals surface area contributed by atoms with Gasteiger partial charge in [0.1, 0.15) is 0 Å². The standard InChI is InChI=1S/C11H22N2/c1-2-13(8-10-4-3-5-10)9-11-6-12-7-11/h10-12H,2-9H2,1H3. The van der Waals surface area contributed by atoms with E-state index in [0.717, 1.165) is 11.8 Å². The van der Waals surface area contributed by atoms with Crippen molar-refractivity contribution in [2.45, 2.75) is 26.2 Å². The first-order valence-electron chi connectivity index (χ1n) is 5.81. The molecule has 2 aliphatic rings. The quantitative estimate of drug-likeness (QED) is 0.690. The van der Waals surface area contributed by atoms with E-state index in [1.807, 2.05) is 0 Å². The van der Waals surface area contributed by atoms with Gasteiger partial charge in [0.05, 0.1) is 0 Å². The van der Waals surface area contributed by atoms with Crippen LogP contribution in [0.25, 0.3) is 0 Å². The van der Waals surface area contributed by atoms with Crippen LogP contribution in [0.2, 0.25) is 0 Å². The van der Waals surface area contributed by atoms with Crippen molar-refractivity contribution in [1.29, 1.82) is 0 Å². The van der Waals surface area contributed by atoms with Gasteiger partial charge in [-0.3, -0.25) is 0 Å². The summed E-state index contributed by atoms with van der Waals surface area (Å²) in [5.74, 6) is 1.98. The molecular formula is C11H22N2. The van der Waals surface area contributed by atoms with E-state index in [4.69, 9.17) is 0 Å². The van der Waals surface area contributed by atoms with Crippen molar-refractivity contribution in [3.63, 3.8) is 0 Å². The van der Waals surface area contributed by atoms with E-state index in [2.05, 4.69) is 17.1 Å². The second-order valence-electron chi connectivity index (χ2n) is 4.67. The van der Waals surface area contributed by atoms with Gasteiger partial charge in [-0.15, -0.1) is 0 Å². The van der Waals surface area contributed by atoms with Crippen molar-refractivity contribution >= 4 is 0 Å². The molecule has 0 amide bonds. The zero-order chi connectivity index (χ0) is 9.10. The van der Waals surface area contributed by atoms with Crippen LogP contribution in [0.3, 0.4) is 0 Å². The van der Waals surface area contributed by atoms with Crippen molar-refractivity contribution in [3.8, 4) is 0 Å². The largest absolute Gasteiger partial charge is 0.316 e. The molecule has 0 bridgehead atoms. The molecule has 1 aliphatic carbocycles. The molecule has 0 aromatic carbocycles. The molecule has 0 spiro atoms. The van der Waals surface area contributed by atoms with E-state index in [0.29, 0.717) is 0 Å². The average molecular weight is 182 g/mol. The topological polar surface area (TPSA) is 15.3 Å². The van der Waals surface area contributed by atoms with Crippen molar-refractivity contribution in [2.75, 3.05) is 32.7 Å². The molecule has 2 heteroatoms. The zero-order valence-corrected chi connectivity index (χ0v) is 8.76. The van der Waals surface area contributed by atoms with Crippen LogP contribution in [0.15, 0.2) is 0 Å². The van der Waals surface area contributed by atoms with Crippen molar-refractivity contribution in [1.82, 2.24) is 10.2 Å². The number of hydrogen-bond acceptors (Lipinski definition) is 2. The fraction of sp³-hybridized carbons (Fsp3) is 1.00. The Hall–Kier alpha value is -0.0800. The summed E-state index contributed by atoms with van der Waals surface area (Å²) in [6.07, 6.45) is 4.45. The molecule has 0 aromatic rings. The van der Waals surface area contributed by atoms with E-state index < -0.39 is 0 Å². The Balaban J connectivity index is 1.65. The minimum atomic E-state index is 0.944. The van der Waals surface area contributed by atoms with Gasteiger partial charge in [0.2, 0.25) is 0 Å². The Bertz CT molecular complexity index is 134. The van der Waals surface area contributed by atoms with Crippen LogP contribution in [0, 0.1) is 11.8 Å². The van der Waals surface area contributed by atoms with E-state index in [1.165, 1.54) is 52.0 Å². The third-order valence-electron chi connectivity index (χ3n) is 3.57. The minimum Gasteiger partial charge on any atom is -0.316 e. The second-order valence-corrected chi connectivity index (χ2v) is 4.67. The molecule has 1 heterocycles. The maximum Gasteiger partial charge on any atom is 0.00340 e. The zero-order valence-electron chi connectivity index (χ0n) is 8.76. The van der Waals surface area contributed by atoms with Gasteiger partial charge < -0.3 is 10.2 Å². The average Bonchev–Trinajstić information content (AvgIpc) is 1.98. The predicted octanol–water partition coefficient (Wildman–Crippen LogP) is 1.33. The Labute approximate surface area is 81.7 Å². The first kappa shape index (κ1) is 9.47. The summed E-state index contributed by atoms with van der Waals surface area (Å²) in [7, 11) is 0. The molecule has 1 saturated carbocycles. The monoisotopic (exact) mass is 182 g/mol. The van der Waals surface area contributed by atoms with Gasteiger partial charge in [-0.25, -0.2) is 0 Å². The third kappa shape index (κ3) is 2.44. The van der Waals surface area contributed by atoms with Gasteiger partial charge in [-0.2, -0.15) is 0 Å². The van der Waals surface area contributed by atoms with E-state index in [-0.39, 0.29) is 0 Å². The second kappa shape index (κ2) is 4.43. The summed E-state index contributed by atoms with van der Waals surface area (Å²) >= 11 is 0. The fourth-order valence-corrected chi connectivity index (χ4v) is 2.22. The number of nitrogens with one attached hydrogen (secondary N) is 1. The Morgan fingerprint density at radius 1 is 1.15 bits per heavy atom. The highest BCUT2D eigenvalue weighted by Crippen LogP contribution is 2.27. The first-order chi connectivity index (χ1) is 6.38. The van der Waals surface area contributed by atoms with Gasteiger partial charge in [0.25, 0.3) is 0 Å². The maximum absolute atomic E-state index is 3.35. The molecule has 13 heavy (non-hydrogen) atoms. The van der Waals surface area contributed by atoms with Crippen LogP contribution in [-0.4, -0.2) is 37.6 Å². The highest BCUT2D eigenvalue weighted by atomic mass is 15.1. The van der Waals surface area contributed by atoms with Crippen molar-refractivity contribution in [2.24, 2.45) is 11.8 Å². The Morgan fingerprint density at radius 3 is 2.23 bits per heavy atom. The van der Waals surface area contributed by atoms with Crippen LogP contribution in [0.5, 0.6) is 0 Å². The number of rotatable bonds is 5. The molecule has 2 rings (SSSR count). The molecule has 0 aromatic heterocycles. The fourth-order valence-electron chi connectivity index (χ4n) is 2.22. The van der Waals surface area contributed by atoms with E-state index in [9.17, 15) is 0 Å². The van der Waals surface area contributed by atoms with Crippen LogP contribution >= 0.6 is 0 Å². The molecule has 76 valence electrons. The van der Waals surface area contributed by atoms with Gasteiger partial charge in [0, 0.05) is 26.2 Å². The summed E-state index contributed by atoms with van der Waals surface area (Å²) in [5.41, 5.74) is 0. The molecule has 2 fully saturated rings. The lowest BCUT2D eigenvalue weighted by atomic mass is 9.85. The molecule has 0 radical (unpaired) electrons. The minimum absolute atomic E-state index is 0.944. The lowest BCUT2D eigenvalue weighted by Crippen LogP contribution is -2.49. The normalized spacial score (nSPS) is 24.5. The molecule has 0 atom stereocenters. The summed E-state index contributed by atoms with van der Waals surface area (Å²) in [4.78, 5) is 2.65. The number of hydrogen-bond donors (Lipinski definition) is 1. The predicted molar refractivity (Wildman–Crippen MR) is 55.8 cm³/mol. The maximum atomic E-state index is 3.35. The summed E-state index contributed by atoms with van der Waals surface area (Å²) in [5, 5.41) is 3.35. The molecule has 2 nitrogen and oxygen atoms in total. The number of nitrogens with zero attached hydrogens (tertiary/aromatic N) is 1. The lowest BCUT2D eigenvalue weighted by molar-refractivity contribution is 0.145. The first-order valence-corrected chi connectivity index (χ1v) is 5.81. The summed E-state index contributed by atoms with van der Waals surface area (Å²) in [6.45, 7) is 8.74. The van der Waals surface area contributed by atoms with Gasteiger partial charge in [0.15, 0.2) is 0 Å². The SMILES string of the molecule is CCN(CC1CCC1)CC1CNC1. The molecule has 1 N–H and O–H groups in total. The molecule has 1 saturated heterocycles. The van der Waals surface area contributed by atoms with Gasteiger partial charge >= 0.3 is 0 Å². The Morgan fingerprint density at radius 2 is 1.85 bits per heavy atom. The molecule has 1 aliphatic heterocycles. The summed E-state index contributed by atoms with van der Waals surface area (Å²) in [6, 6.07) is 0. The highest BCUT2D eigenvalue weighted by molar-refractivity contribution is 4.80.